The molecule has 0 amide bonds. The van der Waals surface area contributed by atoms with E-state index in [4.69, 9.17) is 15.0 Å². The van der Waals surface area contributed by atoms with Crippen molar-refractivity contribution in [3.63, 3.8) is 0 Å². The van der Waals surface area contributed by atoms with Gasteiger partial charge in [-0.25, -0.2) is 0 Å². The Labute approximate surface area is 123 Å². The maximum absolute atomic E-state index is 6.15. The predicted molar refractivity (Wildman–Crippen MR) is 77.6 cm³/mol. The fourth-order valence-electron chi connectivity index (χ4n) is 2.42. The number of nitrogens with zero attached hydrogens (tertiary/aromatic N) is 3. The van der Waals surface area contributed by atoms with Gasteiger partial charge in [-0.05, 0) is 19.0 Å². The number of aromatic nitrogens is 2. The van der Waals surface area contributed by atoms with E-state index in [0.29, 0.717) is 24.7 Å². The molecule has 1 saturated heterocycles. The summed E-state index contributed by atoms with van der Waals surface area (Å²) in [6.07, 6.45) is 0.540. The highest BCUT2D eigenvalue weighted by atomic mass is 16.5. The third-order valence-corrected chi connectivity index (χ3v) is 3.63. The van der Waals surface area contributed by atoms with Crippen molar-refractivity contribution in [2.45, 2.75) is 18.6 Å². The number of morpholine rings is 1. The van der Waals surface area contributed by atoms with Gasteiger partial charge < -0.3 is 19.9 Å². The van der Waals surface area contributed by atoms with Crippen LogP contribution in [-0.4, -0.2) is 41.8 Å². The van der Waals surface area contributed by atoms with Crippen molar-refractivity contribution in [2.75, 3.05) is 26.7 Å². The van der Waals surface area contributed by atoms with Gasteiger partial charge in [-0.15, -0.1) is 0 Å². The third-order valence-electron chi connectivity index (χ3n) is 3.63. The number of rotatable bonds is 4. The molecule has 6 heteroatoms. The Morgan fingerprint density at radius 3 is 2.95 bits per heavy atom. The summed E-state index contributed by atoms with van der Waals surface area (Å²) >= 11 is 0. The van der Waals surface area contributed by atoms with Crippen LogP contribution in [0.2, 0.25) is 0 Å². The zero-order valence-corrected chi connectivity index (χ0v) is 12.1. The predicted octanol–water partition coefficient (Wildman–Crippen LogP) is 1.32. The number of nitrogens with two attached hydrogens (primary N) is 1. The van der Waals surface area contributed by atoms with Crippen LogP contribution in [-0.2, 0) is 11.2 Å². The summed E-state index contributed by atoms with van der Waals surface area (Å²) < 4.78 is 11.0. The number of likely N-dealkylation sites (N-methyl/N-ethyl adjacent to an activating group) is 1. The Kier molecular flexibility index (Phi) is 4.28. The summed E-state index contributed by atoms with van der Waals surface area (Å²) in [5.74, 6) is 1.05. The highest BCUT2D eigenvalue weighted by Gasteiger charge is 2.25. The summed E-state index contributed by atoms with van der Waals surface area (Å²) in [7, 11) is 2.05. The van der Waals surface area contributed by atoms with Crippen LogP contribution in [0.5, 0.6) is 0 Å². The number of ether oxygens (including phenoxy) is 1. The lowest BCUT2D eigenvalue weighted by Crippen LogP contribution is -2.35. The van der Waals surface area contributed by atoms with Gasteiger partial charge in [0.05, 0.1) is 12.6 Å². The monoisotopic (exact) mass is 288 g/mol. The van der Waals surface area contributed by atoms with E-state index >= 15 is 0 Å². The molecular formula is C15H20N4O2. The smallest absolute Gasteiger partial charge is 0.243 e. The average Bonchev–Trinajstić information content (AvgIpc) is 2.98. The Hall–Kier alpha value is -1.76. The van der Waals surface area contributed by atoms with Crippen molar-refractivity contribution >= 4 is 0 Å². The quantitative estimate of drug-likeness (QED) is 0.914. The number of benzene rings is 1. The van der Waals surface area contributed by atoms with Gasteiger partial charge in [0.15, 0.2) is 0 Å². The lowest BCUT2D eigenvalue weighted by molar-refractivity contribution is -0.0264. The van der Waals surface area contributed by atoms with Crippen LogP contribution in [0.3, 0.4) is 0 Å². The third kappa shape index (κ3) is 3.47. The molecule has 1 aromatic carbocycles. The van der Waals surface area contributed by atoms with Crippen molar-refractivity contribution in [1.82, 2.24) is 15.0 Å². The van der Waals surface area contributed by atoms with Crippen LogP contribution < -0.4 is 5.73 Å². The maximum Gasteiger partial charge on any atom is 0.243 e. The molecule has 0 radical (unpaired) electrons. The van der Waals surface area contributed by atoms with Gasteiger partial charge in [-0.2, -0.15) is 4.98 Å². The molecule has 0 saturated carbocycles. The van der Waals surface area contributed by atoms with E-state index in [1.807, 2.05) is 30.3 Å². The summed E-state index contributed by atoms with van der Waals surface area (Å²) in [6.45, 7) is 2.38. The van der Waals surface area contributed by atoms with Crippen molar-refractivity contribution < 1.29 is 9.26 Å². The first-order valence-corrected chi connectivity index (χ1v) is 7.15. The Balaban J connectivity index is 1.66. The van der Waals surface area contributed by atoms with E-state index in [0.717, 1.165) is 18.7 Å². The Morgan fingerprint density at radius 1 is 1.38 bits per heavy atom. The molecule has 2 heterocycles. The van der Waals surface area contributed by atoms with Crippen molar-refractivity contribution in [1.29, 1.82) is 0 Å². The van der Waals surface area contributed by atoms with E-state index in [9.17, 15) is 0 Å². The van der Waals surface area contributed by atoms with Gasteiger partial charge in [-0.1, -0.05) is 35.5 Å². The average molecular weight is 288 g/mol. The topological polar surface area (TPSA) is 77.4 Å². The lowest BCUT2D eigenvalue weighted by atomic mass is 10.1. The lowest BCUT2D eigenvalue weighted by Gasteiger charge is -2.27. The molecule has 1 aliphatic heterocycles. The van der Waals surface area contributed by atoms with E-state index in [-0.39, 0.29) is 12.1 Å². The maximum atomic E-state index is 6.15. The highest BCUT2D eigenvalue weighted by molar-refractivity contribution is 5.16. The molecule has 1 aliphatic rings. The van der Waals surface area contributed by atoms with Gasteiger partial charge in [-0.3, -0.25) is 0 Å². The summed E-state index contributed by atoms with van der Waals surface area (Å²) in [4.78, 5) is 6.60. The van der Waals surface area contributed by atoms with Gasteiger partial charge in [0.1, 0.15) is 6.10 Å². The van der Waals surface area contributed by atoms with E-state index < -0.39 is 0 Å². The molecule has 0 aliphatic carbocycles. The SMILES string of the molecule is CN1CCOC(c2noc(C(N)Cc3ccccc3)n2)C1. The van der Waals surface area contributed by atoms with Gasteiger partial charge in [0, 0.05) is 13.1 Å². The number of hydrogen-bond donors (Lipinski definition) is 1. The molecule has 2 atom stereocenters. The zero-order chi connectivity index (χ0) is 14.7. The van der Waals surface area contributed by atoms with Crippen LogP contribution in [0.1, 0.15) is 29.4 Å². The molecule has 3 rings (SSSR count). The molecule has 2 N–H and O–H groups in total. The summed E-state index contributed by atoms with van der Waals surface area (Å²) in [5.41, 5.74) is 7.30. The summed E-state index contributed by atoms with van der Waals surface area (Å²) in [5, 5.41) is 4.02. The second-order valence-electron chi connectivity index (χ2n) is 5.41. The van der Waals surface area contributed by atoms with Crippen LogP contribution in [0.4, 0.5) is 0 Å². The first-order valence-electron chi connectivity index (χ1n) is 7.15. The Morgan fingerprint density at radius 2 is 2.19 bits per heavy atom. The van der Waals surface area contributed by atoms with E-state index in [2.05, 4.69) is 22.1 Å². The van der Waals surface area contributed by atoms with Crippen molar-refractivity contribution in [3.8, 4) is 0 Å². The molecule has 0 bridgehead atoms. The van der Waals surface area contributed by atoms with Gasteiger partial charge >= 0.3 is 0 Å². The Bertz CT molecular complexity index is 572. The fourth-order valence-corrected chi connectivity index (χ4v) is 2.42. The van der Waals surface area contributed by atoms with Crippen LogP contribution in [0.15, 0.2) is 34.9 Å². The molecule has 0 spiro atoms. The molecule has 112 valence electrons. The van der Waals surface area contributed by atoms with Gasteiger partial charge in [0.2, 0.25) is 11.7 Å². The second-order valence-corrected chi connectivity index (χ2v) is 5.41. The molecule has 21 heavy (non-hydrogen) atoms. The summed E-state index contributed by atoms with van der Waals surface area (Å²) in [6, 6.07) is 9.75. The molecule has 6 nitrogen and oxygen atoms in total. The van der Waals surface area contributed by atoms with Crippen LogP contribution >= 0.6 is 0 Å². The second kappa shape index (κ2) is 6.34. The molecule has 2 aromatic rings. The van der Waals surface area contributed by atoms with Crippen LogP contribution in [0, 0.1) is 0 Å². The first kappa shape index (κ1) is 14.2. The molecule has 1 aromatic heterocycles. The highest BCUT2D eigenvalue weighted by Crippen LogP contribution is 2.21. The van der Waals surface area contributed by atoms with Gasteiger partial charge in [0.25, 0.3) is 0 Å². The number of hydrogen-bond acceptors (Lipinski definition) is 6. The molecule has 2 unspecified atom stereocenters. The minimum absolute atomic E-state index is 0.134. The largest absolute Gasteiger partial charge is 0.367 e. The minimum atomic E-state index is -0.296. The van der Waals surface area contributed by atoms with E-state index in [1.54, 1.807) is 0 Å². The zero-order valence-electron chi connectivity index (χ0n) is 12.1. The fraction of sp³-hybridized carbons (Fsp3) is 0.467. The van der Waals surface area contributed by atoms with Crippen LogP contribution in [0.25, 0.3) is 0 Å². The normalized spacial score (nSPS) is 21.3. The minimum Gasteiger partial charge on any atom is -0.367 e. The standard InChI is InChI=1S/C15H20N4O2/c1-19-7-8-20-13(10-19)14-17-15(21-18-14)12(16)9-11-5-3-2-4-6-11/h2-6,12-13H,7-10,16H2,1H3. The molecular weight excluding hydrogens is 268 g/mol. The van der Waals surface area contributed by atoms with E-state index in [1.165, 1.54) is 0 Å². The van der Waals surface area contributed by atoms with Crippen molar-refractivity contribution in [3.05, 3.63) is 47.6 Å². The molecule has 1 fully saturated rings. The van der Waals surface area contributed by atoms with Crippen molar-refractivity contribution in [2.24, 2.45) is 5.73 Å². The first-order chi connectivity index (χ1) is 10.2.